The van der Waals surface area contributed by atoms with Crippen molar-refractivity contribution in [1.29, 1.82) is 0 Å². The van der Waals surface area contributed by atoms with Gasteiger partial charge in [-0.15, -0.1) is 0 Å². The van der Waals surface area contributed by atoms with E-state index in [4.69, 9.17) is 20.1 Å². The number of ether oxygens (including phenoxy) is 3. The molecule has 1 unspecified atom stereocenters. The Balaban J connectivity index is 2.57. The highest BCUT2D eigenvalue weighted by atomic mass is 79.9. The summed E-state index contributed by atoms with van der Waals surface area (Å²) in [6, 6.07) is -0.0359. The van der Waals surface area contributed by atoms with Gasteiger partial charge in [-0.3, -0.25) is 16.0 Å². The third-order valence-corrected chi connectivity index (χ3v) is 3.47. The van der Waals surface area contributed by atoms with Crippen molar-refractivity contribution in [3.8, 4) is 0 Å². The molecule has 1 aromatic heterocycles. The maximum atomic E-state index is 5.65. The van der Waals surface area contributed by atoms with Crippen molar-refractivity contribution in [3.63, 3.8) is 0 Å². The van der Waals surface area contributed by atoms with Gasteiger partial charge in [0.15, 0.2) is 0 Å². The van der Waals surface area contributed by atoms with E-state index in [1.165, 1.54) is 0 Å². The van der Waals surface area contributed by atoms with Gasteiger partial charge in [0.1, 0.15) is 0 Å². The summed E-state index contributed by atoms with van der Waals surface area (Å²) in [7, 11) is 3.32. The molecule has 1 atom stereocenters. The number of hydrazine groups is 1. The monoisotopic (exact) mass is 350 g/mol. The Bertz CT molecular complexity index is 376. The van der Waals surface area contributed by atoms with Crippen LogP contribution in [0.4, 0.5) is 0 Å². The Hall–Kier alpha value is -0.510. The van der Waals surface area contributed by atoms with Crippen LogP contribution in [0.3, 0.4) is 0 Å². The number of hydrogen-bond donors (Lipinski definition) is 2. The number of methoxy groups -OCH3 is 2. The molecule has 1 rings (SSSR count). The van der Waals surface area contributed by atoms with Crippen LogP contribution in [0, 0.1) is 0 Å². The van der Waals surface area contributed by atoms with Crippen LogP contribution in [-0.4, -0.2) is 50.4 Å². The smallest absolute Gasteiger partial charge is 0.0711 e. The summed E-state index contributed by atoms with van der Waals surface area (Å²) in [6.45, 7) is 3.05. The van der Waals surface area contributed by atoms with Crippen LogP contribution < -0.4 is 11.3 Å². The van der Waals surface area contributed by atoms with E-state index < -0.39 is 0 Å². The molecular weight excluding hydrogens is 328 g/mol. The van der Waals surface area contributed by atoms with Gasteiger partial charge in [0.05, 0.1) is 48.8 Å². The topological polar surface area (TPSA) is 83.6 Å². The van der Waals surface area contributed by atoms with Crippen molar-refractivity contribution in [3.05, 3.63) is 16.4 Å². The van der Waals surface area contributed by atoms with Crippen molar-refractivity contribution in [1.82, 2.24) is 15.2 Å². The largest absolute Gasteiger partial charge is 0.383 e. The summed E-state index contributed by atoms with van der Waals surface area (Å²) in [6.07, 6.45) is 2.51. The van der Waals surface area contributed by atoms with Gasteiger partial charge in [-0.2, -0.15) is 5.10 Å². The Labute approximate surface area is 127 Å². The molecule has 0 spiro atoms. The SMILES string of the molecule is COCCOCCC(NN)c1c(Br)cnn1CCOC. The molecule has 3 N–H and O–H groups in total. The molecule has 116 valence electrons. The molecule has 0 aromatic carbocycles. The Morgan fingerprint density at radius 1 is 1.30 bits per heavy atom. The van der Waals surface area contributed by atoms with Crippen molar-refractivity contribution in [2.45, 2.75) is 19.0 Å². The van der Waals surface area contributed by atoms with Crippen molar-refractivity contribution >= 4 is 15.9 Å². The predicted molar refractivity (Wildman–Crippen MR) is 79.2 cm³/mol. The Morgan fingerprint density at radius 3 is 2.70 bits per heavy atom. The first-order valence-electron chi connectivity index (χ1n) is 6.47. The minimum absolute atomic E-state index is 0.0359. The van der Waals surface area contributed by atoms with E-state index in [2.05, 4.69) is 26.5 Å². The minimum Gasteiger partial charge on any atom is -0.383 e. The fourth-order valence-corrected chi connectivity index (χ4v) is 2.39. The molecule has 0 aliphatic heterocycles. The molecule has 7 nitrogen and oxygen atoms in total. The maximum Gasteiger partial charge on any atom is 0.0711 e. The normalized spacial score (nSPS) is 12.8. The number of nitrogens with one attached hydrogen (secondary N) is 1. The Morgan fingerprint density at radius 2 is 2.05 bits per heavy atom. The molecule has 8 heteroatoms. The van der Waals surface area contributed by atoms with E-state index in [9.17, 15) is 0 Å². The van der Waals surface area contributed by atoms with Gasteiger partial charge in [0.2, 0.25) is 0 Å². The van der Waals surface area contributed by atoms with E-state index in [-0.39, 0.29) is 6.04 Å². The van der Waals surface area contributed by atoms with Gasteiger partial charge in [0.25, 0.3) is 0 Å². The lowest BCUT2D eigenvalue weighted by Gasteiger charge is -2.18. The number of rotatable bonds is 11. The molecule has 0 saturated heterocycles. The molecule has 20 heavy (non-hydrogen) atoms. The zero-order valence-corrected chi connectivity index (χ0v) is 13.6. The van der Waals surface area contributed by atoms with Crippen LogP contribution in [0.5, 0.6) is 0 Å². The number of hydrogen-bond acceptors (Lipinski definition) is 6. The molecule has 0 amide bonds. The van der Waals surface area contributed by atoms with Gasteiger partial charge in [-0.05, 0) is 22.4 Å². The first-order chi connectivity index (χ1) is 9.74. The molecule has 0 aliphatic rings. The fraction of sp³-hybridized carbons (Fsp3) is 0.750. The maximum absolute atomic E-state index is 5.65. The second-order valence-electron chi connectivity index (χ2n) is 4.21. The van der Waals surface area contributed by atoms with E-state index in [1.54, 1.807) is 20.4 Å². The predicted octanol–water partition coefficient (Wildman–Crippen LogP) is 0.850. The molecule has 0 radical (unpaired) electrons. The highest BCUT2D eigenvalue weighted by Gasteiger charge is 2.18. The summed E-state index contributed by atoms with van der Waals surface area (Å²) in [5.41, 5.74) is 3.81. The van der Waals surface area contributed by atoms with Gasteiger partial charge in [-0.1, -0.05) is 0 Å². The second kappa shape index (κ2) is 10.3. The van der Waals surface area contributed by atoms with E-state index in [0.29, 0.717) is 33.0 Å². The molecule has 0 fully saturated rings. The fourth-order valence-electron chi connectivity index (χ4n) is 1.82. The highest BCUT2D eigenvalue weighted by molar-refractivity contribution is 9.10. The number of aromatic nitrogens is 2. The van der Waals surface area contributed by atoms with E-state index in [0.717, 1.165) is 16.6 Å². The molecule has 0 bridgehead atoms. The molecular formula is C12H23BrN4O3. The first kappa shape index (κ1) is 17.5. The summed E-state index contributed by atoms with van der Waals surface area (Å²) < 4.78 is 18.3. The number of halogens is 1. The highest BCUT2D eigenvalue weighted by Crippen LogP contribution is 2.25. The molecule has 1 aromatic rings. The van der Waals surface area contributed by atoms with Crippen molar-refractivity contribution < 1.29 is 14.2 Å². The quantitative estimate of drug-likeness (QED) is 0.349. The third-order valence-electron chi connectivity index (χ3n) is 2.85. The summed E-state index contributed by atoms with van der Waals surface area (Å²) in [4.78, 5) is 0. The summed E-state index contributed by atoms with van der Waals surface area (Å²) in [5, 5.41) is 4.31. The Kier molecular flexibility index (Phi) is 8.99. The van der Waals surface area contributed by atoms with Gasteiger partial charge >= 0.3 is 0 Å². The summed E-state index contributed by atoms with van der Waals surface area (Å²) >= 11 is 3.50. The molecule has 0 aliphatic carbocycles. The van der Waals surface area contributed by atoms with E-state index >= 15 is 0 Å². The summed E-state index contributed by atoms with van der Waals surface area (Å²) in [5.74, 6) is 5.65. The van der Waals surface area contributed by atoms with Crippen molar-refractivity contribution in [2.24, 2.45) is 5.84 Å². The standard InChI is InChI=1S/C12H23BrN4O3/c1-18-6-4-17-12(10(13)9-15-17)11(16-14)3-5-20-8-7-19-2/h9,11,16H,3-8,14H2,1-2H3. The zero-order chi connectivity index (χ0) is 14.8. The average molecular weight is 351 g/mol. The number of nitrogens with zero attached hydrogens (tertiary/aromatic N) is 2. The van der Waals surface area contributed by atoms with Crippen molar-refractivity contribution in [2.75, 3.05) is 40.6 Å². The van der Waals surface area contributed by atoms with Crippen LogP contribution in [-0.2, 0) is 20.8 Å². The van der Waals surface area contributed by atoms with Crippen LogP contribution in [0.1, 0.15) is 18.2 Å². The molecule has 0 saturated carbocycles. The molecule has 1 heterocycles. The number of nitrogens with two attached hydrogens (primary N) is 1. The van der Waals surface area contributed by atoms with Crippen LogP contribution in [0.2, 0.25) is 0 Å². The van der Waals surface area contributed by atoms with Crippen LogP contribution in [0.25, 0.3) is 0 Å². The first-order valence-corrected chi connectivity index (χ1v) is 7.26. The van der Waals surface area contributed by atoms with Gasteiger partial charge in [-0.25, -0.2) is 0 Å². The zero-order valence-electron chi connectivity index (χ0n) is 12.0. The lowest BCUT2D eigenvalue weighted by atomic mass is 10.1. The van der Waals surface area contributed by atoms with Crippen LogP contribution in [0.15, 0.2) is 10.7 Å². The van der Waals surface area contributed by atoms with Crippen LogP contribution >= 0.6 is 15.9 Å². The average Bonchev–Trinajstić information content (AvgIpc) is 2.82. The van der Waals surface area contributed by atoms with Gasteiger partial charge in [0, 0.05) is 20.8 Å². The third kappa shape index (κ3) is 5.47. The van der Waals surface area contributed by atoms with E-state index in [1.807, 2.05) is 4.68 Å². The second-order valence-corrected chi connectivity index (χ2v) is 5.06. The minimum atomic E-state index is -0.0359. The van der Waals surface area contributed by atoms with Gasteiger partial charge < -0.3 is 14.2 Å². The lowest BCUT2D eigenvalue weighted by molar-refractivity contribution is 0.0653. The lowest BCUT2D eigenvalue weighted by Crippen LogP contribution is -2.31.